The monoisotopic (exact) mass is 168 g/mol. The number of hydrogen-bond donors (Lipinski definition) is 0. The van der Waals surface area contributed by atoms with Crippen LogP contribution in [0.15, 0.2) is 4.52 Å². The molecule has 2 rings (SSSR count). The first-order valence-corrected chi connectivity index (χ1v) is 4.24. The van der Waals surface area contributed by atoms with E-state index in [-0.39, 0.29) is 0 Å². The second-order valence-corrected chi connectivity index (χ2v) is 3.09. The maximum Gasteiger partial charge on any atom is 0.232 e. The molecule has 1 atom stereocenters. The molecule has 0 spiro atoms. The standard InChI is InChI=1S/C8H12N2O2/c1-6-9-8(12-10-6)7-3-2-4-11-5-7/h7H,2-5H2,1H3. The zero-order valence-electron chi connectivity index (χ0n) is 7.12. The summed E-state index contributed by atoms with van der Waals surface area (Å²) in [5, 5.41) is 3.75. The van der Waals surface area contributed by atoms with Crippen molar-refractivity contribution in [3.8, 4) is 0 Å². The van der Waals surface area contributed by atoms with E-state index < -0.39 is 0 Å². The first kappa shape index (κ1) is 7.73. The van der Waals surface area contributed by atoms with E-state index >= 15 is 0 Å². The topological polar surface area (TPSA) is 48.2 Å². The molecular weight excluding hydrogens is 156 g/mol. The first-order valence-electron chi connectivity index (χ1n) is 4.24. The summed E-state index contributed by atoms with van der Waals surface area (Å²) in [5.74, 6) is 1.75. The molecule has 1 aromatic heterocycles. The van der Waals surface area contributed by atoms with Crippen LogP contribution in [-0.2, 0) is 4.74 Å². The Kier molecular flexibility index (Phi) is 2.08. The lowest BCUT2D eigenvalue weighted by molar-refractivity contribution is 0.0705. The van der Waals surface area contributed by atoms with Gasteiger partial charge in [-0.05, 0) is 19.8 Å². The largest absolute Gasteiger partial charge is 0.381 e. The molecule has 1 fully saturated rings. The molecule has 1 aliphatic heterocycles. The number of hydrogen-bond acceptors (Lipinski definition) is 4. The van der Waals surface area contributed by atoms with Crippen LogP contribution in [0.1, 0.15) is 30.5 Å². The molecule has 12 heavy (non-hydrogen) atoms. The highest BCUT2D eigenvalue weighted by Gasteiger charge is 2.21. The van der Waals surface area contributed by atoms with Crippen LogP contribution in [0.4, 0.5) is 0 Å². The van der Waals surface area contributed by atoms with Crippen LogP contribution < -0.4 is 0 Å². The van der Waals surface area contributed by atoms with Gasteiger partial charge in [0.15, 0.2) is 5.82 Å². The van der Waals surface area contributed by atoms with E-state index in [0.29, 0.717) is 11.7 Å². The third-order valence-electron chi connectivity index (χ3n) is 2.05. The lowest BCUT2D eigenvalue weighted by atomic mass is 10.0. The fourth-order valence-electron chi connectivity index (χ4n) is 1.41. The van der Waals surface area contributed by atoms with E-state index in [4.69, 9.17) is 9.26 Å². The first-order chi connectivity index (χ1) is 5.86. The summed E-state index contributed by atoms with van der Waals surface area (Å²) in [6, 6.07) is 0. The van der Waals surface area contributed by atoms with Crippen molar-refractivity contribution in [3.63, 3.8) is 0 Å². The van der Waals surface area contributed by atoms with Crippen molar-refractivity contribution < 1.29 is 9.26 Å². The zero-order chi connectivity index (χ0) is 8.39. The summed E-state index contributed by atoms with van der Waals surface area (Å²) in [7, 11) is 0. The fourth-order valence-corrected chi connectivity index (χ4v) is 1.41. The van der Waals surface area contributed by atoms with Crippen LogP contribution in [-0.4, -0.2) is 23.4 Å². The van der Waals surface area contributed by atoms with E-state index in [1.165, 1.54) is 0 Å². The van der Waals surface area contributed by atoms with Crippen molar-refractivity contribution in [1.82, 2.24) is 10.1 Å². The van der Waals surface area contributed by atoms with E-state index in [0.717, 1.165) is 31.9 Å². The smallest absolute Gasteiger partial charge is 0.232 e. The van der Waals surface area contributed by atoms with Crippen LogP contribution in [0.3, 0.4) is 0 Å². The van der Waals surface area contributed by atoms with Crippen LogP contribution >= 0.6 is 0 Å². The van der Waals surface area contributed by atoms with E-state index in [1.807, 2.05) is 6.92 Å². The zero-order valence-corrected chi connectivity index (χ0v) is 7.12. The number of aryl methyl sites for hydroxylation is 1. The SMILES string of the molecule is Cc1noc(C2CCCOC2)n1. The summed E-state index contributed by atoms with van der Waals surface area (Å²) in [6.07, 6.45) is 2.19. The number of ether oxygens (including phenoxy) is 1. The highest BCUT2D eigenvalue weighted by atomic mass is 16.5. The predicted molar refractivity (Wildman–Crippen MR) is 41.8 cm³/mol. The van der Waals surface area contributed by atoms with Crippen molar-refractivity contribution in [2.45, 2.75) is 25.7 Å². The molecule has 0 saturated carbocycles. The average molecular weight is 168 g/mol. The van der Waals surface area contributed by atoms with Gasteiger partial charge in [0.1, 0.15) is 0 Å². The highest BCUT2D eigenvalue weighted by molar-refractivity contribution is 4.93. The summed E-state index contributed by atoms with van der Waals surface area (Å²) < 4.78 is 10.4. The second kappa shape index (κ2) is 3.23. The lowest BCUT2D eigenvalue weighted by Gasteiger charge is -2.17. The van der Waals surface area contributed by atoms with Gasteiger partial charge in [-0.25, -0.2) is 0 Å². The Morgan fingerprint density at radius 3 is 3.00 bits per heavy atom. The van der Waals surface area contributed by atoms with Gasteiger partial charge in [-0.3, -0.25) is 0 Å². The van der Waals surface area contributed by atoms with Gasteiger partial charge in [0.05, 0.1) is 12.5 Å². The third-order valence-corrected chi connectivity index (χ3v) is 2.05. The fraction of sp³-hybridized carbons (Fsp3) is 0.750. The Bertz CT molecular complexity index is 253. The summed E-state index contributed by atoms with van der Waals surface area (Å²) >= 11 is 0. The quantitative estimate of drug-likeness (QED) is 0.633. The van der Waals surface area contributed by atoms with Crippen LogP contribution in [0, 0.1) is 6.92 Å². The van der Waals surface area contributed by atoms with Gasteiger partial charge in [0, 0.05) is 6.61 Å². The van der Waals surface area contributed by atoms with Crippen molar-refractivity contribution in [3.05, 3.63) is 11.7 Å². The van der Waals surface area contributed by atoms with Crippen LogP contribution in [0.2, 0.25) is 0 Å². The molecule has 0 aromatic carbocycles. The highest BCUT2D eigenvalue weighted by Crippen LogP contribution is 2.23. The minimum Gasteiger partial charge on any atom is -0.381 e. The molecular formula is C8H12N2O2. The van der Waals surface area contributed by atoms with Crippen LogP contribution in [0.5, 0.6) is 0 Å². The normalized spacial score (nSPS) is 24.2. The Morgan fingerprint density at radius 2 is 2.42 bits per heavy atom. The van der Waals surface area contributed by atoms with Crippen molar-refractivity contribution in [2.75, 3.05) is 13.2 Å². The van der Waals surface area contributed by atoms with Gasteiger partial charge in [0.25, 0.3) is 0 Å². The van der Waals surface area contributed by atoms with Gasteiger partial charge in [0.2, 0.25) is 5.89 Å². The molecule has 66 valence electrons. The lowest BCUT2D eigenvalue weighted by Crippen LogP contribution is -2.15. The Hall–Kier alpha value is -0.900. The number of nitrogens with zero attached hydrogens (tertiary/aromatic N) is 2. The van der Waals surface area contributed by atoms with Crippen molar-refractivity contribution in [2.24, 2.45) is 0 Å². The Balaban J connectivity index is 2.08. The maximum atomic E-state index is 5.32. The van der Waals surface area contributed by atoms with Crippen LogP contribution in [0.25, 0.3) is 0 Å². The third kappa shape index (κ3) is 1.48. The molecule has 1 unspecified atom stereocenters. The molecule has 0 radical (unpaired) electrons. The van der Waals surface area contributed by atoms with E-state index in [1.54, 1.807) is 0 Å². The molecule has 1 aliphatic rings. The van der Waals surface area contributed by atoms with Gasteiger partial charge >= 0.3 is 0 Å². The minimum absolute atomic E-state index is 0.319. The van der Waals surface area contributed by atoms with E-state index in [9.17, 15) is 0 Å². The summed E-state index contributed by atoms with van der Waals surface area (Å²) in [5.41, 5.74) is 0. The minimum atomic E-state index is 0.319. The van der Waals surface area contributed by atoms with Gasteiger partial charge in [-0.15, -0.1) is 0 Å². The van der Waals surface area contributed by atoms with E-state index in [2.05, 4.69) is 10.1 Å². The van der Waals surface area contributed by atoms with Crippen molar-refractivity contribution in [1.29, 1.82) is 0 Å². The molecule has 2 heterocycles. The molecule has 0 aliphatic carbocycles. The second-order valence-electron chi connectivity index (χ2n) is 3.09. The molecule has 0 N–H and O–H groups in total. The van der Waals surface area contributed by atoms with Gasteiger partial charge < -0.3 is 9.26 Å². The van der Waals surface area contributed by atoms with Crippen molar-refractivity contribution >= 4 is 0 Å². The molecule has 1 aromatic rings. The molecule has 4 heteroatoms. The molecule has 0 amide bonds. The van der Waals surface area contributed by atoms with Gasteiger partial charge in [-0.2, -0.15) is 4.98 Å². The average Bonchev–Trinajstić information content (AvgIpc) is 2.54. The number of rotatable bonds is 1. The maximum absolute atomic E-state index is 5.32. The summed E-state index contributed by atoms with van der Waals surface area (Å²) in [6.45, 7) is 3.42. The predicted octanol–water partition coefficient (Wildman–Crippen LogP) is 1.27. The number of aromatic nitrogens is 2. The molecule has 1 saturated heterocycles. The Labute approximate surface area is 70.9 Å². The van der Waals surface area contributed by atoms with Gasteiger partial charge in [-0.1, -0.05) is 5.16 Å². The molecule has 4 nitrogen and oxygen atoms in total. The molecule has 0 bridgehead atoms. The summed E-state index contributed by atoms with van der Waals surface area (Å²) in [4.78, 5) is 4.18. The Morgan fingerprint density at radius 1 is 1.50 bits per heavy atom.